The first-order valence-electron chi connectivity index (χ1n) is 7.84. The van der Waals surface area contributed by atoms with E-state index in [0.717, 1.165) is 23.8 Å². The minimum absolute atomic E-state index is 0.0667. The molecule has 5 heteroatoms. The first kappa shape index (κ1) is 15.2. The highest BCUT2D eigenvalue weighted by Crippen LogP contribution is 2.35. The van der Waals surface area contributed by atoms with Crippen LogP contribution < -0.4 is 5.32 Å². The van der Waals surface area contributed by atoms with Gasteiger partial charge in [0.1, 0.15) is 0 Å². The second-order valence-corrected chi connectivity index (χ2v) is 9.75. The Hall–Kier alpha value is -0.680. The maximum atomic E-state index is 11.7. The Balaban J connectivity index is 1.56. The van der Waals surface area contributed by atoms with Crippen LogP contribution in [0.2, 0.25) is 0 Å². The van der Waals surface area contributed by atoms with E-state index in [4.69, 9.17) is 0 Å². The highest BCUT2D eigenvalue weighted by Gasteiger charge is 2.24. The molecule has 1 aliphatic heterocycles. The molecule has 0 amide bonds. The van der Waals surface area contributed by atoms with Crippen LogP contribution in [0.15, 0.2) is 29.2 Å². The topological polar surface area (TPSA) is 46.2 Å². The van der Waals surface area contributed by atoms with Gasteiger partial charge in [-0.3, -0.25) is 0 Å². The standard InChI is InChI=1S/C16H23NO2S2/c18-21(19)11-3-4-14(12-21)17-13-7-9-16(10-8-13)20-15-5-1-2-6-15/h7-10,14-15,17H,1-6,11-12H2. The summed E-state index contributed by atoms with van der Waals surface area (Å²) >= 11 is 1.98. The molecule has 1 N–H and O–H groups in total. The average Bonchev–Trinajstić information content (AvgIpc) is 2.93. The molecule has 1 aromatic carbocycles. The van der Waals surface area contributed by atoms with Gasteiger partial charge in [0.05, 0.1) is 11.5 Å². The van der Waals surface area contributed by atoms with Gasteiger partial charge in [-0.25, -0.2) is 8.42 Å². The van der Waals surface area contributed by atoms with Crippen molar-refractivity contribution in [1.29, 1.82) is 0 Å². The molecule has 0 radical (unpaired) electrons. The Labute approximate surface area is 131 Å². The van der Waals surface area contributed by atoms with Gasteiger partial charge < -0.3 is 5.32 Å². The lowest BCUT2D eigenvalue weighted by atomic mass is 10.2. The van der Waals surface area contributed by atoms with E-state index in [9.17, 15) is 8.42 Å². The Kier molecular flexibility index (Phi) is 4.79. The Morgan fingerprint density at radius 2 is 1.71 bits per heavy atom. The van der Waals surface area contributed by atoms with Crippen LogP contribution in [0.3, 0.4) is 0 Å². The van der Waals surface area contributed by atoms with E-state index in [1.807, 2.05) is 11.8 Å². The van der Waals surface area contributed by atoms with Gasteiger partial charge in [0.2, 0.25) is 0 Å². The van der Waals surface area contributed by atoms with Crippen LogP contribution in [-0.2, 0) is 9.84 Å². The molecule has 1 atom stereocenters. The van der Waals surface area contributed by atoms with E-state index in [1.165, 1.54) is 30.6 Å². The molecule has 1 aromatic rings. The molecule has 1 saturated heterocycles. The van der Waals surface area contributed by atoms with Crippen molar-refractivity contribution >= 4 is 27.3 Å². The van der Waals surface area contributed by atoms with E-state index >= 15 is 0 Å². The minimum atomic E-state index is -2.84. The lowest BCUT2D eigenvalue weighted by Crippen LogP contribution is -2.34. The third-order valence-corrected chi connectivity index (χ3v) is 7.46. The lowest BCUT2D eigenvalue weighted by molar-refractivity contribution is 0.562. The van der Waals surface area contributed by atoms with Gasteiger partial charge in [-0.15, -0.1) is 11.8 Å². The molecule has 1 unspecified atom stereocenters. The molecule has 2 fully saturated rings. The van der Waals surface area contributed by atoms with Crippen molar-refractivity contribution in [2.75, 3.05) is 16.8 Å². The SMILES string of the molecule is O=S1(=O)CCCC(Nc2ccc(SC3CCCC3)cc2)C1. The van der Waals surface area contributed by atoms with Crippen molar-refractivity contribution in [3.63, 3.8) is 0 Å². The highest BCUT2D eigenvalue weighted by atomic mass is 32.2. The molecule has 1 heterocycles. The highest BCUT2D eigenvalue weighted by molar-refractivity contribution is 8.00. The molecule has 1 saturated carbocycles. The molecule has 3 rings (SSSR count). The van der Waals surface area contributed by atoms with E-state index in [1.54, 1.807) is 0 Å². The number of rotatable bonds is 4. The second-order valence-electron chi connectivity index (χ2n) is 6.15. The molecule has 3 nitrogen and oxygen atoms in total. The molecule has 1 aliphatic carbocycles. The first-order chi connectivity index (χ1) is 10.1. The molecule has 116 valence electrons. The smallest absolute Gasteiger partial charge is 0.152 e. The van der Waals surface area contributed by atoms with Crippen LogP contribution in [0.25, 0.3) is 0 Å². The van der Waals surface area contributed by atoms with Crippen LogP contribution in [-0.4, -0.2) is 31.2 Å². The molecule has 21 heavy (non-hydrogen) atoms. The van der Waals surface area contributed by atoms with Gasteiger partial charge in [0, 0.05) is 21.9 Å². The van der Waals surface area contributed by atoms with Gasteiger partial charge >= 0.3 is 0 Å². The lowest BCUT2D eigenvalue weighted by Gasteiger charge is -2.24. The van der Waals surface area contributed by atoms with Gasteiger partial charge in [-0.1, -0.05) is 12.8 Å². The Morgan fingerprint density at radius 1 is 1.00 bits per heavy atom. The summed E-state index contributed by atoms with van der Waals surface area (Å²) in [7, 11) is -2.84. The monoisotopic (exact) mass is 325 g/mol. The number of anilines is 1. The summed E-state index contributed by atoms with van der Waals surface area (Å²) in [6, 6.07) is 8.54. The second kappa shape index (κ2) is 6.61. The van der Waals surface area contributed by atoms with Crippen LogP contribution in [0.5, 0.6) is 0 Å². The summed E-state index contributed by atoms with van der Waals surface area (Å²) in [6.45, 7) is 0. The molecule has 2 aliphatic rings. The maximum absolute atomic E-state index is 11.7. The van der Waals surface area contributed by atoms with Crippen LogP contribution in [0.4, 0.5) is 5.69 Å². The van der Waals surface area contributed by atoms with Crippen molar-refractivity contribution in [2.45, 2.75) is 54.7 Å². The Morgan fingerprint density at radius 3 is 2.38 bits per heavy atom. The van der Waals surface area contributed by atoms with Crippen molar-refractivity contribution < 1.29 is 8.42 Å². The zero-order chi connectivity index (χ0) is 14.7. The van der Waals surface area contributed by atoms with Gasteiger partial charge in [0.25, 0.3) is 0 Å². The number of hydrogen-bond acceptors (Lipinski definition) is 4. The average molecular weight is 325 g/mol. The number of sulfone groups is 1. The first-order valence-corrected chi connectivity index (χ1v) is 10.5. The zero-order valence-electron chi connectivity index (χ0n) is 12.3. The zero-order valence-corrected chi connectivity index (χ0v) is 13.9. The summed E-state index contributed by atoms with van der Waals surface area (Å²) in [4.78, 5) is 1.32. The van der Waals surface area contributed by atoms with Gasteiger partial charge in [0.15, 0.2) is 9.84 Å². The van der Waals surface area contributed by atoms with Crippen molar-refractivity contribution in [2.24, 2.45) is 0 Å². The largest absolute Gasteiger partial charge is 0.381 e. The minimum Gasteiger partial charge on any atom is -0.381 e. The van der Waals surface area contributed by atoms with Crippen LogP contribution in [0.1, 0.15) is 38.5 Å². The fourth-order valence-electron chi connectivity index (χ4n) is 3.20. The summed E-state index contributed by atoms with van der Waals surface area (Å²) in [5, 5.41) is 4.15. The third kappa shape index (κ3) is 4.39. The van der Waals surface area contributed by atoms with E-state index < -0.39 is 9.84 Å². The molecule has 0 spiro atoms. The normalized spacial score (nSPS) is 25.8. The van der Waals surface area contributed by atoms with E-state index in [0.29, 0.717) is 5.75 Å². The number of thioether (sulfide) groups is 1. The fourth-order valence-corrected chi connectivity index (χ4v) is 6.08. The molecular weight excluding hydrogens is 302 g/mol. The summed E-state index contributed by atoms with van der Waals surface area (Å²) in [5.74, 6) is 0.619. The summed E-state index contributed by atoms with van der Waals surface area (Å²) < 4.78 is 23.3. The molecule has 0 aromatic heterocycles. The molecule has 0 bridgehead atoms. The van der Waals surface area contributed by atoms with Crippen LogP contribution in [0, 0.1) is 0 Å². The summed E-state index contributed by atoms with van der Waals surface area (Å²) in [5.41, 5.74) is 1.04. The maximum Gasteiger partial charge on any atom is 0.152 e. The summed E-state index contributed by atoms with van der Waals surface area (Å²) in [6.07, 6.45) is 7.13. The van der Waals surface area contributed by atoms with Crippen molar-refractivity contribution in [1.82, 2.24) is 0 Å². The van der Waals surface area contributed by atoms with Gasteiger partial charge in [-0.05, 0) is 49.9 Å². The number of hydrogen-bond donors (Lipinski definition) is 1. The van der Waals surface area contributed by atoms with E-state index in [2.05, 4.69) is 29.6 Å². The predicted octanol–water partition coefficient (Wildman–Crippen LogP) is 3.71. The fraction of sp³-hybridized carbons (Fsp3) is 0.625. The van der Waals surface area contributed by atoms with Crippen LogP contribution >= 0.6 is 11.8 Å². The molecular formula is C16H23NO2S2. The van der Waals surface area contributed by atoms with Crippen molar-refractivity contribution in [3.05, 3.63) is 24.3 Å². The Bertz CT molecular complexity index is 562. The predicted molar refractivity (Wildman–Crippen MR) is 89.9 cm³/mol. The number of nitrogens with one attached hydrogen (secondary N) is 1. The van der Waals surface area contributed by atoms with Crippen molar-refractivity contribution in [3.8, 4) is 0 Å². The van der Waals surface area contributed by atoms with Gasteiger partial charge in [-0.2, -0.15) is 0 Å². The quantitative estimate of drug-likeness (QED) is 0.916. The third-order valence-electron chi connectivity index (χ3n) is 4.29. The number of benzene rings is 1. The van der Waals surface area contributed by atoms with E-state index in [-0.39, 0.29) is 11.8 Å².